The summed E-state index contributed by atoms with van der Waals surface area (Å²) in [4.78, 5) is 0.735. The number of rotatable bonds is 8. The standard InChI is InChI=1S/C10H20Br2/c1-2-3-4-5-6-7-10(12)8-9-11/h10H,2-9H2,1H3. The lowest BCUT2D eigenvalue weighted by molar-refractivity contribution is 0.596. The fourth-order valence-electron chi connectivity index (χ4n) is 1.23. The van der Waals surface area contributed by atoms with Crippen LogP contribution in [0.4, 0.5) is 0 Å². The summed E-state index contributed by atoms with van der Waals surface area (Å²) in [6.07, 6.45) is 9.58. The predicted molar refractivity (Wildman–Crippen MR) is 64.5 cm³/mol. The van der Waals surface area contributed by atoms with Crippen molar-refractivity contribution in [3.63, 3.8) is 0 Å². The third-order valence-electron chi connectivity index (χ3n) is 2.04. The van der Waals surface area contributed by atoms with Crippen LogP contribution in [0.1, 0.15) is 51.9 Å². The highest BCUT2D eigenvalue weighted by atomic mass is 79.9. The molecule has 0 aromatic rings. The molecular formula is C10H20Br2. The highest BCUT2D eigenvalue weighted by molar-refractivity contribution is 9.10. The van der Waals surface area contributed by atoms with Crippen molar-refractivity contribution in [2.75, 3.05) is 5.33 Å². The SMILES string of the molecule is CCCCCCCC(Br)CCBr. The van der Waals surface area contributed by atoms with Gasteiger partial charge in [0, 0.05) is 10.2 Å². The lowest BCUT2D eigenvalue weighted by atomic mass is 10.1. The van der Waals surface area contributed by atoms with Crippen molar-refractivity contribution in [2.24, 2.45) is 0 Å². The second-order valence-corrected chi connectivity index (χ2v) is 5.37. The molecule has 74 valence electrons. The fraction of sp³-hybridized carbons (Fsp3) is 1.00. The Hall–Kier alpha value is 0.960. The summed E-state index contributed by atoms with van der Waals surface area (Å²) in [6, 6.07) is 0. The summed E-state index contributed by atoms with van der Waals surface area (Å²) in [5.41, 5.74) is 0. The van der Waals surface area contributed by atoms with Crippen LogP contribution in [0.25, 0.3) is 0 Å². The van der Waals surface area contributed by atoms with E-state index in [-0.39, 0.29) is 0 Å². The summed E-state index contributed by atoms with van der Waals surface area (Å²) in [5, 5.41) is 1.12. The van der Waals surface area contributed by atoms with Gasteiger partial charge in [0.2, 0.25) is 0 Å². The molecule has 0 rings (SSSR count). The summed E-state index contributed by atoms with van der Waals surface area (Å²) in [5.74, 6) is 0. The average Bonchev–Trinajstić information content (AvgIpc) is 2.05. The quantitative estimate of drug-likeness (QED) is 0.442. The summed E-state index contributed by atoms with van der Waals surface area (Å²) >= 11 is 7.13. The Bertz CT molecular complexity index is 83.9. The van der Waals surface area contributed by atoms with Gasteiger partial charge in [0.1, 0.15) is 0 Å². The number of hydrogen-bond acceptors (Lipinski definition) is 0. The Morgan fingerprint density at radius 1 is 1.00 bits per heavy atom. The highest BCUT2D eigenvalue weighted by Crippen LogP contribution is 2.16. The van der Waals surface area contributed by atoms with E-state index >= 15 is 0 Å². The zero-order valence-corrected chi connectivity index (χ0v) is 11.2. The van der Waals surface area contributed by atoms with E-state index in [0.29, 0.717) is 0 Å². The second-order valence-electron chi connectivity index (χ2n) is 3.28. The van der Waals surface area contributed by atoms with E-state index in [0.717, 1.165) is 10.2 Å². The molecular weight excluding hydrogens is 280 g/mol. The summed E-state index contributed by atoms with van der Waals surface area (Å²) in [7, 11) is 0. The molecule has 0 spiro atoms. The molecule has 1 atom stereocenters. The van der Waals surface area contributed by atoms with E-state index in [4.69, 9.17) is 0 Å². The molecule has 0 bridgehead atoms. The maximum absolute atomic E-state index is 3.68. The van der Waals surface area contributed by atoms with Crippen molar-refractivity contribution in [2.45, 2.75) is 56.7 Å². The van der Waals surface area contributed by atoms with Gasteiger partial charge in [-0.2, -0.15) is 0 Å². The molecule has 2 heteroatoms. The average molecular weight is 300 g/mol. The summed E-state index contributed by atoms with van der Waals surface area (Å²) in [6.45, 7) is 2.26. The molecule has 0 radical (unpaired) electrons. The van der Waals surface area contributed by atoms with Gasteiger partial charge in [-0.05, 0) is 12.8 Å². The van der Waals surface area contributed by atoms with Gasteiger partial charge in [-0.3, -0.25) is 0 Å². The molecule has 0 aromatic heterocycles. The first kappa shape index (κ1) is 13.0. The maximum Gasteiger partial charge on any atom is 0.0153 e. The van der Waals surface area contributed by atoms with E-state index in [1.54, 1.807) is 0 Å². The molecule has 0 aliphatic rings. The van der Waals surface area contributed by atoms with Crippen LogP contribution in [0.3, 0.4) is 0 Å². The van der Waals surface area contributed by atoms with Gasteiger partial charge in [0.05, 0.1) is 0 Å². The van der Waals surface area contributed by atoms with Crippen molar-refractivity contribution >= 4 is 31.9 Å². The van der Waals surface area contributed by atoms with Crippen LogP contribution >= 0.6 is 31.9 Å². The van der Waals surface area contributed by atoms with Crippen LogP contribution in [0.5, 0.6) is 0 Å². The molecule has 0 N–H and O–H groups in total. The molecule has 0 nitrogen and oxygen atoms in total. The van der Waals surface area contributed by atoms with Gasteiger partial charge >= 0.3 is 0 Å². The van der Waals surface area contributed by atoms with E-state index in [2.05, 4.69) is 38.8 Å². The summed E-state index contributed by atoms with van der Waals surface area (Å²) < 4.78 is 0. The van der Waals surface area contributed by atoms with Crippen molar-refractivity contribution in [1.82, 2.24) is 0 Å². The fourth-order valence-corrected chi connectivity index (χ4v) is 2.95. The first-order valence-electron chi connectivity index (χ1n) is 5.01. The van der Waals surface area contributed by atoms with Gasteiger partial charge in [0.25, 0.3) is 0 Å². The van der Waals surface area contributed by atoms with Gasteiger partial charge in [-0.15, -0.1) is 0 Å². The van der Waals surface area contributed by atoms with E-state index in [9.17, 15) is 0 Å². The lowest BCUT2D eigenvalue weighted by Crippen LogP contribution is -1.97. The third-order valence-corrected chi connectivity index (χ3v) is 3.42. The molecule has 12 heavy (non-hydrogen) atoms. The lowest BCUT2D eigenvalue weighted by Gasteiger charge is -2.06. The molecule has 0 saturated heterocycles. The van der Waals surface area contributed by atoms with Crippen molar-refractivity contribution in [1.29, 1.82) is 0 Å². The molecule has 0 fully saturated rings. The number of alkyl halides is 2. The highest BCUT2D eigenvalue weighted by Gasteiger charge is 2.01. The van der Waals surface area contributed by atoms with Crippen LogP contribution < -0.4 is 0 Å². The van der Waals surface area contributed by atoms with Gasteiger partial charge in [-0.25, -0.2) is 0 Å². The van der Waals surface area contributed by atoms with Crippen LogP contribution in [-0.4, -0.2) is 10.2 Å². The number of hydrogen-bond donors (Lipinski definition) is 0. The Kier molecular flexibility index (Phi) is 10.8. The Labute approximate surface area is 93.8 Å². The molecule has 0 aromatic carbocycles. The van der Waals surface area contributed by atoms with E-state index < -0.39 is 0 Å². The van der Waals surface area contributed by atoms with Crippen LogP contribution in [0.2, 0.25) is 0 Å². The number of unbranched alkanes of at least 4 members (excludes halogenated alkanes) is 4. The molecule has 1 unspecified atom stereocenters. The Morgan fingerprint density at radius 2 is 1.67 bits per heavy atom. The minimum absolute atomic E-state index is 0.735. The second kappa shape index (κ2) is 10.0. The first-order chi connectivity index (χ1) is 5.81. The molecule has 0 saturated carbocycles. The molecule has 0 amide bonds. The van der Waals surface area contributed by atoms with Crippen LogP contribution in [0, 0.1) is 0 Å². The largest absolute Gasteiger partial charge is 0.0928 e. The van der Waals surface area contributed by atoms with E-state index in [1.165, 1.54) is 44.9 Å². The van der Waals surface area contributed by atoms with Crippen molar-refractivity contribution in [3.05, 3.63) is 0 Å². The van der Waals surface area contributed by atoms with Crippen LogP contribution in [0.15, 0.2) is 0 Å². The van der Waals surface area contributed by atoms with E-state index in [1.807, 2.05) is 0 Å². The molecule has 0 aliphatic heterocycles. The zero-order chi connectivity index (χ0) is 9.23. The van der Waals surface area contributed by atoms with Crippen molar-refractivity contribution < 1.29 is 0 Å². The third kappa shape index (κ3) is 9.05. The molecule has 0 aliphatic carbocycles. The minimum Gasteiger partial charge on any atom is -0.0928 e. The van der Waals surface area contributed by atoms with Gasteiger partial charge in [-0.1, -0.05) is 70.9 Å². The Morgan fingerprint density at radius 3 is 2.25 bits per heavy atom. The normalized spacial score (nSPS) is 13.2. The topological polar surface area (TPSA) is 0 Å². The van der Waals surface area contributed by atoms with Gasteiger partial charge < -0.3 is 0 Å². The predicted octanol–water partition coefficient (Wildman–Crippen LogP) is 4.90. The minimum atomic E-state index is 0.735. The first-order valence-corrected chi connectivity index (χ1v) is 7.05. The van der Waals surface area contributed by atoms with Crippen LogP contribution in [-0.2, 0) is 0 Å². The zero-order valence-electron chi connectivity index (χ0n) is 7.99. The smallest absolute Gasteiger partial charge is 0.0153 e. The number of halogens is 2. The monoisotopic (exact) mass is 298 g/mol. The molecule has 0 heterocycles. The Balaban J connectivity index is 2.97. The maximum atomic E-state index is 3.68. The van der Waals surface area contributed by atoms with Crippen molar-refractivity contribution in [3.8, 4) is 0 Å². The van der Waals surface area contributed by atoms with Gasteiger partial charge in [0.15, 0.2) is 0 Å².